The smallest absolute Gasteiger partial charge is 0.408 e. The standard InChI is InChI=1S/C13H17ClN2O4/c1-13(2,3)20-12(19)16-10(11(17)18)7-9-6-8(14)4-5-15-9/h4-6,10H,7H2,1-3H3,(H,16,19)(H,17,18)/t10-/m0/s1. The van der Waals surface area contributed by atoms with E-state index in [-0.39, 0.29) is 6.42 Å². The highest BCUT2D eigenvalue weighted by atomic mass is 35.5. The molecule has 0 bridgehead atoms. The predicted octanol–water partition coefficient (Wildman–Crippen LogP) is 2.26. The summed E-state index contributed by atoms with van der Waals surface area (Å²) in [5, 5.41) is 11.9. The third kappa shape index (κ3) is 5.88. The predicted molar refractivity (Wildman–Crippen MR) is 73.7 cm³/mol. The topological polar surface area (TPSA) is 88.5 Å². The Morgan fingerprint density at radius 3 is 2.65 bits per heavy atom. The van der Waals surface area contributed by atoms with Gasteiger partial charge in [0.25, 0.3) is 0 Å². The molecule has 0 spiro atoms. The summed E-state index contributed by atoms with van der Waals surface area (Å²) in [6.45, 7) is 5.09. The van der Waals surface area contributed by atoms with Gasteiger partial charge in [-0.05, 0) is 32.9 Å². The molecule has 0 aliphatic rings. The first kappa shape index (κ1) is 16.2. The minimum atomic E-state index is -1.17. The van der Waals surface area contributed by atoms with E-state index < -0.39 is 23.7 Å². The highest BCUT2D eigenvalue weighted by molar-refractivity contribution is 6.30. The van der Waals surface area contributed by atoms with Crippen LogP contribution in [0.15, 0.2) is 18.3 Å². The van der Waals surface area contributed by atoms with Crippen LogP contribution in [0.3, 0.4) is 0 Å². The number of amides is 1. The van der Waals surface area contributed by atoms with E-state index in [2.05, 4.69) is 10.3 Å². The van der Waals surface area contributed by atoms with Crippen LogP contribution < -0.4 is 5.32 Å². The number of nitrogens with zero attached hydrogens (tertiary/aromatic N) is 1. The van der Waals surface area contributed by atoms with Crippen molar-refractivity contribution in [2.45, 2.75) is 38.8 Å². The van der Waals surface area contributed by atoms with E-state index in [0.29, 0.717) is 10.7 Å². The van der Waals surface area contributed by atoms with Crippen molar-refractivity contribution in [2.75, 3.05) is 0 Å². The number of alkyl carbamates (subject to hydrolysis) is 1. The van der Waals surface area contributed by atoms with Gasteiger partial charge >= 0.3 is 12.1 Å². The maximum absolute atomic E-state index is 11.6. The second kappa shape index (κ2) is 6.56. The van der Waals surface area contributed by atoms with Gasteiger partial charge < -0.3 is 15.2 Å². The fourth-order valence-corrected chi connectivity index (χ4v) is 1.60. The van der Waals surface area contributed by atoms with Gasteiger partial charge in [-0.3, -0.25) is 4.98 Å². The molecule has 110 valence electrons. The molecule has 0 aliphatic heterocycles. The third-order valence-electron chi connectivity index (χ3n) is 2.18. The molecular formula is C13H17ClN2O4. The number of carbonyl (C=O) groups is 2. The number of aromatic nitrogens is 1. The Morgan fingerprint density at radius 2 is 2.15 bits per heavy atom. The van der Waals surface area contributed by atoms with Crippen LogP contribution in [-0.2, 0) is 16.0 Å². The number of rotatable bonds is 4. The van der Waals surface area contributed by atoms with Gasteiger partial charge in [0.2, 0.25) is 0 Å². The first-order chi connectivity index (χ1) is 9.17. The van der Waals surface area contributed by atoms with Crippen molar-refractivity contribution in [2.24, 2.45) is 0 Å². The number of pyridine rings is 1. The van der Waals surface area contributed by atoms with Crippen molar-refractivity contribution >= 4 is 23.7 Å². The molecule has 6 nitrogen and oxygen atoms in total. The molecule has 1 rings (SSSR count). The monoisotopic (exact) mass is 300 g/mol. The van der Waals surface area contributed by atoms with Crippen molar-refractivity contribution in [3.05, 3.63) is 29.0 Å². The largest absolute Gasteiger partial charge is 0.480 e. The van der Waals surface area contributed by atoms with Gasteiger partial charge in [0.05, 0.1) is 0 Å². The number of carboxylic acids is 1. The summed E-state index contributed by atoms with van der Waals surface area (Å²) in [6, 6.07) is 2.01. The van der Waals surface area contributed by atoms with Gasteiger partial charge in [0.15, 0.2) is 0 Å². The molecule has 0 saturated carbocycles. The summed E-state index contributed by atoms with van der Waals surface area (Å²) in [6.07, 6.45) is 0.714. The second-order valence-corrected chi connectivity index (χ2v) is 5.64. The minimum Gasteiger partial charge on any atom is -0.480 e. The molecule has 1 atom stereocenters. The average Bonchev–Trinajstić information content (AvgIpc) is 2.25. The Kier molecular flexibility index (Phi) is 5.33. The van der Waals surface area contributed by atoms with E-state index in [9.17, 15) is 9.59 Å². The molecule has 0 aromatic carbocycles. The van der Waals surface area contributed by atoms with Crippen LogP contribution in [0, 0.1) is 0 Å². The number of halogens is 1. The Labute approximate surface area is 122 Å². The number of aliphatic carboxylic acids is 1. The minimum absolute atomic E-state index is 0.0230. The molecule has 0 aliphatic carbocycles. The zero-order valence-electron chi connectivity index (χ0n) is 11.5. The van der Waals surface area contributed by atoms with Crippen LogP contribution in [0.2, 0.25) is 5.02 Å². The lowest BCUT2D eigenvalue weighted by Gasteiger charge is -2.21. The average molecular weight is 301 g/mol. The molecule has 1 heterocycles. The van der Waals surface area contributed by atoms with Crippen LogP contribution in [-0.4, -0.2) is 33.8 Å². The Hall–Kier alpha value is -1.82. The van der Waals surface area contributed by atoms with E-state index in [1.54, 1.807) is 32.9 Å². The van der Waals surface area contributed by atoms with Crippen molar-refractivity contribution < 1.29 is 19.4 Å². The van der Waals surface area contributed by atoms with Crippen LogP contribution in [0.1, 0.15) is 26.5 Å². The van der Waals surface area contributed by atoms with E-state index in [1.807, 2.05) is 0 Å². The molecule has 0 unspecified atom stereocenters. The Bertz CT molecular complexity index is 499. The molecule has 7 heteroatoms. The molecule has 1 amide bonds. The highest BCUT2D eigenvalue weighted by Crippen LogP contribution is 2.11. The van der Waals surface area contributed by atoms with Crippen molar-refractivity contribution in [1.82, 2.24) is 10.3 Å². The number of carboxylic acid groups (broad SMARTS) is 1. The second-order valence-electron chi connectivity index (χ2n) is 5.21. The summed E-state index contributed by atoms with van der Waals surface area (Å²) in [5.41, 5.74) is -0.220. The van der Waals surface area contributed by atoms with E-state index in [0.717, 1.165) is 0 Å². The molecule has 1 aromatic rings. The fourth-order valence-electron chi connectivity index (χ4n) is 1.42. The molecule has 1 aromatic heterocycles. The van der Waals surface area contributed by atoms with Gasteiger partial charge in [-0.2, -0.15) is 0 Å². The number of hydrogen-bond donors (Lipinski definition) is 2. The Balaban J connectivity index is 2.71. The van der Waals surface area contributed by atoms with Crippen LogP contribution in [0.25, 0.3) is 0 Å². The van der Waals surface area contributed by atoms with Crippen molar-refractivity contribution in [3.8, 4) is 0 Å². The van der Waals surface area contributed by atoms with Crippen LogP contribution >= 0.6 is 11.6 Å². The Morgan fingerprint density at radius 1 is 1.50 bits per heavy atom. The molecule has 2 N–H and O–H groups in total. The van der Waals surface area contributed by atoms with Crippen molar-refractivity contribution in [3.63, 3.8) is 0 Å². The van der Waals surface area contributed by atoms with Gasteiger partial charge in [-0.15, -0.1) is 0 Å². The highest BCUT2D eigenvalue weighted by Gasteiger charge is 2.24. The number of nitrogens with one attached hydrogen (secondary N) is 1. The lowest BCUT2D eigenvalue weighted by molar-refractivity contribution is -0.139. The molecule has 0 saturated heterocycles. The summed E-state index contributed by atoms with van der Waals surface area (Å²) in [4.78, 5) is 26.8. The van der Waals surface area contributed by atoms with Gasteiger partial charge in [-0.25, -0.2) is 9.59 Å². The first-order valence-corrected chi connectivity index (χ1v) is 6.38. The summed E-state index contributed by atoms with van der Waals surface area (Å²) < 4.78 is 5.02. The first-order valence-electron chi connectivity index (χ1n) is 6.00. The third-order valence-corrected chi connectivity index (χ3v) is 2.42. The number of hydrogen-bond acceptors (Lipinski definition) is 4. The maximum Gasteiger partial charge on any atom is 0.408 e. The molecule has 20 heavy (non-hydrogen) atoms. The zero-order valence-corrected chi connectivity index (χ0v) is 12.3. The van der Waals surface area contributed by atoms with Crippen molar-refractivity contribution in [1.29, 1.82) is 0 Å². The lowest BCUT2D eigenvalue weighted by atomic mass is 10.1. The number of carbonyl (C=O) groups excluding carboxylic acids is 1. The van der Waals surface area contributed by atoms with Gasteiger partial charge in [0, 0.05) is 23.3 Å². The van der Waals surface area contributed by atoms with Gasteiger partial charge in [0.1, 0.15) is 11.6 Å². The van der Waals surface area contributed by atoms with Crippen LogP contribution in [0.4, 0.5) is 4.79 Å². The maximum atomic E-state index is 11.6. The lowest BCUT2D eigenvalue weighted by Crippen LogP contribution is -2.44. The molecular weight excluding hydrogens is 284 g/mol. The fraction of sp³-hybridized carbons (Fsp3) is 0.462. The van der Waals surface area contributed by atoms with E-state index in [4.69, 9.17) is 21.4 Å². The van der Waals surface area contributed by atoms with E-state index >= 15 is 0 Å². The van der Waals surface area contributed by atoms with E-state index in [1.165, 1.54) is 6.20 Å². The summed E-state index contributed by atoms with van der Waals surface area (Å²) in [7, 11) is 0. The quantitative estimate of drug-likeness (QED) is 0.890. The zero-order chi connectivity index (χ0) is 15.3. The summed E-state index contributed by atoms with van der Waals surface area (Å²) in [5.74, 6) is -1.17. The SMILES string of the molecule is CC(C)(C)OC(=O)N[C@@H](Cc1cc(Cl)ccn1)C(=O)O. The molecule has 0 fully saturated rings. The molecule has 0 radical (unpaired) electrons. The number of ether oxygens (including phenoxy) is 1. The summed E-state index contributed by atoms with van der Waals surface area (Å²) >= 11 is 5.80. The normalized spacial score (nSPS) is 12.6. The van der Waals surface area contributed by atoms with Crippen LogP contribution in [0.5, 0.6) is 0 Å². The van der Waals surface area contributed by atoms with Gasteiger partial charge in [-0.1, -0.05) is 11.6 Å².